The maximum Gasteiger partial charge on any atom is 0.233 e. The molecule has 2 aliphatic rings. The summed E-state index contributed by atoms with van der Waals surface area (Å²) in [5, 5.41) is 8.52. The van der Waals surface area contributed by atoms with Crippen LogP contribution < -0.4 is 9.81 Å². The number of halogens is 1. The number of carbonyl (C=O) groups excluding carboxylic acids is 1. The molecular weight excluding hydrogens is 300 g/mol. The number of carbonyl (C=O) groups is 1. The SMILES string of the molecule is CN=[N+]=NC1CCC2(CC1)CCN(c1cccc(Cl)c1)C2=O. The molecule has 2 fully saturated rings. The van der Waals surface area contributed by atoms with Crippen molar-refractivity contribution >= 4 is 23.2 Å². The van der Waals surface area contributed by atoms with Gasteiger partial charge < -0.3 is 4.90 Å². The van der Waals surface area contributed by atoms with Crippen LogP contribution in [0.2, 0.25) is 5.02 Å². The van der Waals surface area contributed by atoms with E-state index in [1.807, 2.05) is 29.2 Å². The quantitative estimate of drug-likeness (QED) is 0.607. The Morgan fingerprint density at radius 2 is 2.09 bits per heavy atom. The van der Waals surface area contributed by atoms with Crippen molar-refractivity contribution in [2.24, 2.45) is 15.6 Å². The molecule has 1 heterocycles. The van der Waals surface area contributed by atoms with Crippen LogP contribution in [0.3, 0.4) is 0 Å². The summed E-state index contributed by atoms with van der Waals surface area (Å²) in [5.41, 5.74) is 0.693. The van der Waals surface area contributed by atoms with Gasteiger partial charge in [0.1, 0.15) is 23.3 Å². The lowest BCUT2D eigenvalue weighted by atomic mass is 9.71. The monoisotopic (exact) mass is 319 g/mol. The first kappa shape index (κ1) is 15.2. The first-order valence-corrected chi connectivity index (χ1v) is 8.09. The second-order valence-electron chi connectivity index (χ2n) is 6.10. The summed E-state index contributed by atoms with van der Waals surface area (Å²) in [6, 6.07) is 7.74. The van der Waals surface area contributed by atoms with E-state index in [0.29, 0.717) is 5.02 Å². The second kappa shape index (κ2) is 6.19. The topological polar surface area (TPSA) is 59.1 Å². The van der Waals surface area contributed by atoms with Gasteiger partial charge in [0.15, 0.2) is 0 Å². The van der Waals surface area contributed by atoms with Gasteiger partial charge in [-0.15, -0.1) is 0 Å². The molecule has 1 amide bonds. The van der Waals surface area contributed by atoms with Crippen molar-refractivity contribution in [3.63, 3.8) is 0 Å². The van der Waals surface area contributed by atoms with E-state index in [9.17, 15) is 4.79 Å². The molecule has 3 rings (SSSR count). The van der Waals surface area contributed by atoms with Crippen molar-refractivity contribution in [2.45, 2.75) is 38.1 Å². The summed E-state index contributed by atoms with van der Waals surface area (Å²) >= 11 is 6.05. The zero-order chi connectivity index (χ0) is 15.6. The van der Waals surface area contributed by atoms with E-state index in [-0.39, 0.29) is 17.4 Å². The van der Waals surface area contributed by atoms with Crippen LogP contribution in [-0.2, 0) is 4.79 Å². The number of rotatable bonds is 2. The zero-order valence-corrected chi connectivity index (χ0v) is 13.5. The minimum atomic E-state index is -0.211. The van der Waals surface area contributed by atoms with E-state index >= 15 is 0 Å². The highest BCUT2D eigenvalue weighted by atomic mass is 35.5. The molecule has 0 radical (unpaired) electrons. The van der Waals surface area contributed by atoms with Crippen molar-refractivity contribution in [3.8, 4) is 0 Å². The molecule has 0 unspecified atom stereocenters. The molecule has 1 aliphatic heterocycles. The predicted molar refractivity (Wildman–Crippen MR) is 86.0 cm³/mol. The van der Waals surface area contributed by atoms with E-state index in [1.54, 1.807) is 7.05 Å². The van der Waals surface area contributed by atoms with Crippen molar-refractivity contribution in [1.29, 1.82) is 0 Å². The van der Waals surface area contributed by atoms with E-state index in [0.717, 1.165) is 44.3 Å². The molecule has 1 aliphatic carbocycles. The number of benzene rings is 1. The molecule has 0 N–H and O–H groups in total. The van der Waals surface area contributed by atoms with Crippen molar-refractivity contribution in [3.05, 3.63) is 29.3 Å². The van der Waals surface area contributed by atoms with Gasteiger partial charge in [0.25, 0.3) is 0 Å². The Kier molecular flexibility index (Phi) is 4.27. The lowest BCUT2D eigenvalue weighted by Gasteiger charge is -2.32. The van der Waals surface area contributed by atoms with Crippen molar-refractivity contribution < 1.29 is 4.79 Å². The highest BCUT2D eigenvalue weighted by molar-refractivity contribution is 6.31. The molecule has 1 aromatic rings. The van der Waals surface area contributed by atoms with Gasteiger partial charge in [-0.3, -0.25) is 4.79 Å². The Hall–Kier alpha value is -1.71. The summed E-state index contributed by atoms with van der Waals surface area (Å²) in [4.78, 5) is 18.6. The lowest BCUT2D eigenvalue weighted by Crippen LogP contribution is -2.38. The van der Waals surface area contributed by atoms with Crippen LogP contribution in [0, 0.1) is 5.41 Å². The molecule has 1 saturated carbocycles. The van der Waals surface area contributed by atoms with Gasteiger partial charge in [-0.05, 0) is 50.3 Å². The van der Waals surface area contributed by atoms with Gasteiger partial charge in [-0.1, -0.05) is 17.7 Å². The summed E-state index contributed by atoms with van der Waals surface area (Å²) in [6.07, 6.45) is 4.51. The summed E-state index contributed by atoms with van der Waals surface area (Å²) in [7, 11) is 1.62. The normalized spacial score (nSPS) is 27.8. The first-order valence-electron chi connectivity index (χ1n) is 7.71. The van der Waals surface area contributed by atoms with Gasteiger partial charge >= 0.3 is 0 Å². The Labute approximate surface area is 135 Å². The maximum absolute atomic E-state index is 12.9. The first-order chi connectivity index (χ1) is 10.6. The second-order valence-corrected chi connectivity index (χ2v) is 6.54. The maximum atomic E-state index is 12.9. The van der Waals surface area contributed by atoms with Crippen LogP contribution in [0.15, 0.2) is 34.5 Å². The molecular formula is C16H20ClN4O+. The fraction of sp³-hybridized carbons (Fsp3) is 0.562. The van der Waals surface area contributed by atoms with Gasteiger partial charge in [0.05, 0.1) is 5.41 Å². The van der Waals surface area contributed by atoms with Gasteiger partial charge in [-0.2, -0.15) is 0 Å². The summed E-state index contributed by atoms with van der Waals surface area (Å²) in [6.45, 7) is 0.773. The zero-order valence-electron chi connectivity index (χ0n) is 12.7. The third-order valence-electron chi connectivity index (χ3n) is 4.85. The van der Waals surface area contributed by atoms with Crippen LogP contribution in [0.1, 0.15) is 32.1 Å². The van der Waals surface area contributed by atoms with E-state index in [2.05, 4.69) is 15.1 Å². The molecule has 1 spiro atoms. The van der Waals surface area contributed by atoms with Gasteiger partial charge in [0.2, 0.25) is 10.8 Å². The van der Waals surface area contributed by atoms with Gasteiger partial charge in [-0.25, -0.2) is 0 Å². The van der Waals surface area contributed by atoms with E-state index in [4.69, 9.17) is 11.6 Å². The third-order valence-corrected chi connectivity index (χ3v) is 5.08. The Balaban J connectivity index is 1.73. The fourth-order valence-corrected chi connectivity index (χ4v) is 3.75. The van der Waals surface area contributed by atoms with Crippen LogP contribution in [-0.4, -0.2) is 25.5 Å². The van der Waals surface area contributed by atoms with E-state index < -0.39 is 0 Å². The molecule has 0 bridgehead atoms. The molecule has 6 heteroatoms. The molecule has 0 atom stereocenters. The Morgan fingerprint density at radius 1 is 1.32 bits per heavy atom. The molecule has 116 valence electrons. The lowest BCUT2D eigenvalue weighted by molar-refractivity contribution is -0.127. The average molecular weight is 320 g/mol. The van der Waals surface area contributed by atoms with Crippen LogP contribution >= 0.6 is 11.6 Å². The minimum absolute atomic E-state index is 0.211. The predicted octanol–water partition coefficient (Wildman–Crippen LogP) is 3.61. The number of nitrogens with zero attached hydrogens (tertiary/aromatic N) is 4. The van der Waals surface area contributed by atoms with Crippen molar-refractivity contribution in [1.82, 2.24) is 4.91 Å². The number of hydrogen-bond acceptors (Lipinski definition) is 3. The number of amides is 1. The van der Waals surface area contributed by atoms with Gasteiger partial charge in [0, 0.05) is 17.3 Å². The molecule has 5 nitrogen and oxygen atoms in total. The molecule has 1 aromatic carbocycles. The summed E-state index contributed by atoms with van der Waals surface area (Å²) < 4.78 is 0. The highest BCUT2D eigenvalue weighted by Gasteiger charge is 2.49. The highest BCUT2D eigenvalue weighted by Crippen LogP contribution is 2.46. The smallest absolute Gasteiger partial charge is 0.233 e. The standard InChI is InChI=1S/C16H20ClN4O/c1-18-20-19-13-5-7-16(8-6-13)9-10-21(15(16)22)14-4-2-3-12(17)11-14/h2-4,11,13H,5-10H2,1H3/q+1. The summed E-state index contributed by atoms with van der Waals surface area (Å²) in [5.74, 6) is 0.241. The number of anilines is 1. The molecule has 22 heavy (non-hydrogen) atoms. The fourth-order valence-electron chi connectivity index (χ4n) is 3.57. The largest absolute Gasteiger partial charge is 0.312 e. The minimum Gasteiger partial charge on any atom is -0.312 e. The van der Waals surface area contributed by atoms with Crippen LogP contribution in [0.4, 0.5) is 5.69 Å². The molecule has 0 aromatic heterocycles. The Morgan fingerprint density at radius 3 is 2.77 bits per heavy atom. The van der Waals surface area contributed by atoms with E-state index in [1.165, 1.54) is 0 Å². The average Bonchev–Trinajstić information content (AvgIpc) is 2.84. The van der Waals surface area contributed by atoms with Crippen LogP contribution in [0.5, 0.6) is 0 Å². The number of hydrogen-bond donors (Lipinski definition) is 0. The van der Waals surface area contributed by atoms with Crippen LogP contribution in [0.25, 0.3) is 0 Å². The third kappa shape index (κ3) is 2.79. The van der Waals surface area contributed by atoms with Crippen molar-refractivity contribution in [2.75, 3.05) is 18.5 Å². The Bertz CT molecular complexity index is 631. The molecule has 1 saturated heterocycles.